The number of nitrogens with two attached hydrogens (primary N) is 1. The molecule has 5 atom stereocenters. The zero-order valence-electron chi connectivity index (χ0n) is 14.8. The lowest BCUT2D eigenvalue weighted by Gasteiger charge is -2.44. The molecular weight excluding hydrogens is 436 g/mol. The van der Waals surface area contributed by atoms with Crippen LogP contribution in [0.2, 0.25) is 0 Å². The first kappa shape index (κ1) is 24.6. The van der Waals surface area contributed by atoms with E-state index in [0.29, 0.717) is 0 Å². The van der Waals surface area contributed by atoms with Gasteiger partial charge in [-0.3, -0.25) is 19.8 Å². The summed E-state index contributed by atoms with van der Waals surface area (Å²) < 4.78 is 26.5. The highest BCUT2D eigenvalue weighted by Crippen LogP contribution is 2.34. The van der Waals surface area contributed by atoms with Crippen molar-refractivity contribution in [1.29, 1.82) is 5.41 Å². The van der Waals surface area contributed by atoms with Crippen molar-refractivity contribution in [3.8, 4) is 0 Å². The average molecular weight is 459 g/mol. The average Bonchev–Trinajstić information content (AvgIpc) is 2.45. The second-order valence-corrected chi connectivity index (χ2v) is 6.34. The first-order valence-corrected chi connectivity index (χ1v) is 8.20. The van der Waals surface area contributed by atoms with E-state index in [0.717, 1.165) is 11.8 Å². The second kappa shape index (κ2) is 11.4. The molecule has 1 aliphatic rings. The zero-order valence-corrected chi connectivity index (χ0v) is 17.3. The van der Waals surface area contributed by atoms with Crippen molar-refractivity contribution < 1.29 is 38.1 Å². The molecule has 0 saturated carbocycles. The second-order valence-electron chi connectivity index (χ2n) is 5.20. The van der Waals surface area contributed by atoms with Crippen LogP contribution in [-0.4, -0.2) is 66.6 Å². The normalized spacial score (nSPS) is 27.6. The molecule has 12 heteroatoms. The Morgan fingerprint density at radius 2 is 1.46 bits per heavy atom. The smallest absolute Gasteiger partial charge is 0.303 e. The number of methoxy groups -OCH3 is 1. The standard InChI is InChI=1S/C14H22N2O8S.BrH/c1-6(17)21-10-9(5-20-4)24-13(25-14(15)16)12(23-8(3)19)11(10)22-7(2)18;/h9-13H,5H2,1-4H3,(H3,15,16);1H/t9-,10-,11+,12+,13+;/m1./s1. The van der Waals surface area contributed by atoms with Crippen molar-refractivity contribution in [3.05, 3.63) is 0 Å². The Kier molecular flexibility index (Phi) is 10.8. The molecule has 1 saturated heterocycles. The van der Waals surface area contributed by atoms with Gasteiger partial charge in [-0.1, -0.05) is 11.8 Å². The fourth-order valence-corrected chi connectivity index (χ4v) is 3.17. The van der Waals surface area contributed by atoms with Gasteiger partial charge < -0.3 is 29.4 Å². The molecule has 0 aromatic rings. The number of carbonyl (C=O) groups excluding carboxylic acids is 3. The highest BCUT2D eigenvalue weighted by Gasteiger charge is 2.52. The van der Waals surface area contributed by atoms with Crippen LogP contribution in [0.1, 0.15) is 20.8 Å². The van der Waals surface area contributed by atoms with Crippen LogP contribution < -0.4 is 5.73 Å². The predicted octanol–water partition coefficient (Wildman–Crippen LogP) is 0.357. The summed E-state index contributed by atoms with van der Waals surface area (Å²) in [4.78, 5) is 34.4. The van der Waals surface area contributed by atoms with Crippen LogP contribution >= 0.6 is 28.7 Å². The van der Waals surface area contributed by atoms with Crippen LogP contribution in [0.3, 0.4) is 0 Å². The van der Waals surface area contributed by atoms with E-state index in [1.807, 2.05) is 0 Å². The minimum atomic E-state index is -1.14. The number of carbonyl (C=O) groups is 3. The molecule has 3 N–H and O–H groups in total. The van der Waals surface area contributed by atoms with Gasteiger partial charge in [0.05, 0.1) is 6.61 Å². The lowest BCUT2D eigenvalue weighted by Crippen LogP contribution is -2.61. The summed E-state index contributed by atoms with van der Waals surface area (Å²) in [5, 5.41) is 7.15. The molecule has 10 nitrogen and oxygen atoms in total. The molecule has 26 heavy (non-hydrogen) atoms. The molecule has 0 unspecified atom stereocenters. The van der Waals surface area contributed by atoms with Gasteiger partial charge in [-0.15, -0.1) is 17.0 Å². The van der Waals surface area contributed by atoms with Gasteiger partial charge in [-0.05, 0) is 0 Å². The quantitative estimate of drug-likeness (QED) is 0.247. The lowest BCUT2D eigenvalue weighted by molar-refractivity contribution is -0.237. The Hall–Kier alpha value is -1.37. The fourth-order valence-electron chi connectivity index (χ4n) is 2.37. The fraction of sp³-hybridized carbons (Fsp3) is 0.714. The van der Waals surface area contributed by atoms with E-state index in [1.165, 1.54) is 27.9 Å². The minimum absolute atomic E-state index is 0. The van der Waals surface area contributed by atoms with Gasteiger partial charge >= 0.3 is 17.9 Å². The van der Waals surface area contributed by atoms with Crippen molar-refractivity contribution in [2.24, 2.45) is 5.73 Å². The summed E-state index contributed by atoms with van der Waals surface area (Å²) in [6, 6.07) is 0. The molecule has 1 aliphatic heterocycles. The Balaban J connectivity index is 0.00000625. The summed E-state index contributed by atoms with van der Waals surface area (Å²) in [7, 11) is 1.42. The number of ether oxygens (including phenoxy) is 5. The molecule has 1 heterocycles. The molecule has 150 valence electrons. The van der Waals surface area contributed by atoms with Crippen molar-refractivity contribution in [2.75, 3.05) is 13.7 Å². The highest BCUT2D eigenvalue weighted by atomic mass is 79.9. The molecule has 0 amide bonds. The van der Waals surface area contributed by atoms with E-state index in [1.54, 1.807) is 0 Å². The van der Waals surface area contributed by atoms with E-state index in [2.05, 4.69) is 0 Å². The molecule has 0 radical (unpaired) electrons. The Labute approximate surface area is 165 Å². The van der Waals surface area contributed by atoms with Gasteiger partial charge in [-0.2, -0.15) is 0 Å². The number of esters is 3. The van der Waals surface area contributed by atoms with Crippen LogP contribution in [0.5, 0.6) is 0 Å². The maximum absolute atomic E-state index is 11.5. The third-order valence-corrected chi connectivity index (χ3v) is 3.94. The molecule has 0 spiro atoms. The van der Waals surface area contributed by atoms with Gasteiger partial charge in [0.1, 0.15) is 6.10 Å². The number of rotatable bonds is 6. The first-order valence-electron chi connectivity index (χ1n) is 7.32. The van der Waals surface area contributed by atoms with E-state index in [-0.39, 0.29) is 28.8 Å². The lowest BCUT2D eigenvalue weighted by atomic mass is 9.99. The van der Waals surface area contributed by atoms with Crippen LogP contribution in [0.4, 0.5) is 0 Å². The molecule has 0 aromatic heterocycles. The zero-order chi connectivity index (χ0) is 19.1. The number of amidine groups is 1. The van der Waals surface area contributed by atoms with E-state index >= 15 is 0 Å². The molecule has 0 aromatic carbocycles. The van der Waals surface area contributed by atoms with Crippen molar-refractivity contribution in [2.45, 2.75) is 50.6 Å². The summed E-state index contributed by atoms with van der Waals surface area (Å²) in [6.07, 6.45) is -4.15. The third kappa shape index (κ3) is 7.48. The largest absolute Gasteiger partial charge is 0.456 e. The maximum Gasteiger partial charge on any atom is 0.303 e. The number of hydrogen-bond acceptors (Lipinski definition) is 10. The van der Waals surface area contributed by atoms with E-state index in [4.69, 9.17) is 34.8 Å². The van der Waals surface area contributed by atoms with Gasteiger partial charge in [0.25, 0.3) is 0 Å². The van der Waals surface area contributed by atoms with Gasteiger partial charge in [0, 0.05) is 27.9 Å². The number of hydrogen-bond donors (Lipinski definition) is 2. The SMILES string of the molecule is Br.COC[C@H]1O[C@@H](SC(=N)N)[C@@H](OC(C)=O)[C@@H](OC(C)=O)[C@@H]1OC(C)=O. The molecule has 0 aliphatic carbocycles. The highest BCUT2D eigenvalue weighted by molar-refractivity contribution is 8.93. The number of nitrogens with one attached hydrogen (secondary N) is 1. The summed E-state index contributed by atoms with van der Waals surface area (Å²) in [5.74, 6) is -1.96. The van der Waals surface area contributed by atoms with Crippen LogP contribution in [0.15, 0.2) is 0 Å². The van der Waals surface area contributed by atoms with E-state index < -0.39 is 47.8 Å². The van der Waals surface area contributed by atoms with E-state index in [9.17, 15) is 14.4 Å². The minimum Gasteiger partial charge on any atom is -0.456 e. The summed E-state index contributed by atoms with van der Waals surface area (Å²) >= 11 is 0.781. The number of thioether (sulfide) groups is 1. The molecule has 0 bridgehead atoms. The Bertz CT molecular complexity index is 535. The van der Waals surface area contributed by atoms with Gasteiger partial charge in [0.2, 0.25) is 0 Å². The monoisotopic (exact) mass is 458 g/mol. The molecule has 1 fully saturated rings. The van der Waals surface area contributed by atoms with Crippen molar-refractivity contribution in [1.82, 2.24) is 0 Å². The molecular formula is C14H23BrN2O8S. The third-order valence-electron chi connectivity index (χ3n) is 3.07. The summed E-state index contributed by atoms with van der Waals surface area (Å²) in [6.45, 7) is 3.54. The van der Waals surface area contributed by atoms with Gasteiger partial charge in [0.15, 0.2) is 28.9 Å². The topological polar surface area (TPSA) is 147 Å². The van der Waals surface area contributed by atoms with Crippen molar-refractivity contribution >= 4 is 51.8 Å². The maximum atomic E-state index is 11.5. The molecule has 1 rings (SSSR count). The number of halogens is 1. The van der Waals surface area contributed by atoms with Crippen LogP contribution in [-0.2, 0) is 38.1 Å². The van der Waals surface area contributed by atoms with Crippen molar-refractivity contribution in [3.63, 3.8) is 0 Å². The summed E-state index contributed by atoms with van der Waals surface area (Å²) in [5.41, 5.74) is 4.45. The van der Waals surface area contributed by atoms with Crippen LogP contribution in [0.25, 0.3) is 0 Å². The van der Waals surface area contributed by atoms with Crippen LogP contribution in [0, 0.1) is 5.41 Å². The van der Waals surface area contributed by atoms with Gasteiger partial charge in [-0.25, -0.2) is 0 Å². The first-order chi connectivity index (χ1) is 11.6. The predicted molar refractivity (Wildman–Crippen MR) is 97.0 cm³/mol. The Morgan fingerprint density at radius 3 is 1.88 bits per heavy atom. The Morgan fingerprint density at radius 1 is 1.00 bits per heavy atom.